The molecule has 184 valence electrons. The lowest BCUT2D eigenvalue weighted by Crippen LogP contribution is -2.38. The first-order chi connectivity index (χ1) is 16.3. The molecule has 1 amide bonds. The number of fused-ring (bicyclic) bond motifs is 4. The highest BCUT2D eigenvalue weighted by atomic mass is 16.1. The number of hydrogen-bond donors (Lipinski definition) is 1. The standard InChI is InChI=1S/C33H41NO/c1-30(2)25-12-10-9-11-23(25)24-15-14-22(20-27(24)30)29(35)34-18-17-21-13-16-26-28(19-21)32(5,6)33(7,8)31(26,3)4/h9-16,19-20,26,28H,17-18H2,1-8H3,(H,34,35)/t26-,28?/m1/s1. The number of carbonyl (C=O) groups excluding carboxylic acids is 1. The highest BCUT2D eigenvalue weighted by Crippen LogP contribution is 2.69. The van der Waals surface area contributed by atoms with Gasteiger partial charge in [0.1, 0.15) is 0 Å². The van der Waals surface area contributed by atoms with Gasteiger partial charge in [0.2, 0.25) is 0 Å². The number of hydrogen-bond acceptors (Lipinski definition) is 1. The molecule has 0 spiro atoms. The molecule has 2 nitrogen and oxygen atoms in total. The Hall–Kier alpha value is -2.61. The van der Waals surface area contributed by atoms with Gasteiger partial charge in [-0.1, -0.05) is 110 Å². The lowest BCUT2D eigenvalue weighted by molar-refractivity contribution is 0.0386. The fraction of sp³-hybridized carbons (Fsp3) is 0.485. The van der Waals surface area contributed by atoms with Gasteiger partial charge in [0.15, 0.2) is 0 Å². The molecule has 0 aromatic heterocycles. The average molecular weight is 468 g/mol. The summed E-state index contributed by atoms with van der Waals surface area (Å²) in [6.45, 7) is 19.7. The Labute approximate surface area is 211 Å². The molecule has 2 atom stereocenters. The van der Waals surface area contributed by atoms with Crippen LogP contribution in [0.4, 0.5) is 0 Å². The van der Waals surface area contributed by atoms with Crippen molar-refractivity contribution < 1.29 is 4.79 Å². The van der Waals surface area contributed by atoms with Crippen LogP contribution in [0.5, 0.6) is 0 Å². The topological polar surface area (TPSA) is 29.1 Å². The molecule has 0 radical (unpaired) electrons. The molecule has 3 aliphatic carbocycles. The van der Waals surface area contributed by atoms with Crippen molar-refractivity contribution >= 4 is 5.91 Å². The molecule has 1 saturated carbocycles. The molecule has 5 rings (SSSR count). The smallest absolute Gasteiger partial charge is 0.251 e. The molecule has 2 aromatic rings. The molecule has 1 fully saturated rings. The largest absolute Gasteiger partial charge is 0.352 e. The van der Waals surface area contributed by atoms with E-state index >= 15 is 0 Å². The van der Waals surface area contributed by atoms with E-state index in [-0.39, 0.29) is 27.6 Å². The van der Waals surface area contributed by atoms with Crippen molar-refractivity contribution in [1.29, 1.82) is 0 Å². The van der Waals surface area contributed by atoms with E-state index in [0.717, 1.165) is 12.0 Å². The lowest BCUT2D eigenvalue weighted by atomic mass is 9.59. The maximum Gasteiger partial charge on any atom is 0.251 e. The van der Waals surface area contributed by atoms with E-state index in [1.807, 2.05) is 6.07 Å². The first kappa shape index (κ1) is 24.1. The fourth-order valence-electron chi connectivity index (χ4n) is 7.18. The predicted octanol–water partition coefficient (Wildman–Crippen LogP) is 7.93. The van der Waals surface area contributed by atoms with Crippen LogP contribution in [0.15, 0.2) is 66.3 Å². The van der Waals surface area contributed by atoms with Gasteiger partial charge in [0, 0.05) is 17.5 Å². The van der Waals surface area contributed by atoms with Crippen molar-refractivity contribution in [3.63, 3.8) is 0 Å². The summed E-state index contributed by atoms with van der Waals surface area (Å²) in [4.78, 5) is 13.1. The molecule has 0 saturated heterocycles. The lowest BCUT2D eigenvalue weighted by Gasteiger charge is -2.45. The number of benzene rings is 2. The summed E-state index contributed by atoms with van der Waals surface area (Å²) in [7, 11) is 0. The van der Waals surface area contributed by atoms with Gasteiger partial charge in [0.25, 0.3) is 5.91 Å². The molecule has 2 heteroatoms. The monoisotopic (exact) mass is 467 g/mol. The number of allylic oxidation sites excluding steroid dienone is 3. The molecular formula is C33H41NO. The third kappa shape index (κ3) is 3.32. The van der Waals surface area contributed by atoms with Crippen LogP contribution in [0.1, 0.15) is 83.3 Å². The number of carbonyl (C=O) groups is 1. The van der Waals surface area contributed by atoms with Gasteiger partial charge in [-0.15, -0.1) is 0 Å². The third-order valence-corrected chi connectivity index (χ3v) is 10.7. The van der Waals surface area contributed by atoms with Gasteiger partial charge in [-0.05, 0) is 68.9 Å². The molecule has 2 aromatic carbocycles. The Morgan fingerprint density at radius 3 is 2.23 bits per heavy atom. The maximum absolute atomic E-state index is 13.1. The Kier molecular flexibility index (Phi) is 5.30. The van der Waals surface area contributed by atoms with Crippen molar-refractivity contribution in [2.45, 2.75) is 67.2 Å². The summed E-state index contributed by atoms with van der Waals surface area (Å²) in [5, 5.41) is 3.19. The average Bonchev–Trinajstić information content (AvgIpc) is 3.10. The molecule has 3 aliphatic rings. The van der Waals surface area contributed by atoms with Crippen LogP contribution in [0, 0.1) is 28.1 Å². The minimum atomic E-state index is -0.0912. The Balaban J connectivity index is 1.28. The van der Waals surface area contributed by atoms with Crippen molar-refractivity contribution in [2.24, 2.45) is 28.1 Å². The first-order valence-corrected chi connectivity index (χ1v) is 13.2. The van der Waals surface area contributed by atoms with Gasteiger partial charge in [-0.2, -0.15) is 0 Å². The zero-order chi connectivity index (χ0) is 25.4. The van der Waals surface area contributed by atoms with Gasteiger partial charge >= 0.3 is 0 Å². The van der Waals surface area contributed by atoms with E-state index in [1.54, 1.807) is 0 Å². The number of nitrogens with one attached hydrogen (secondary N) is 1. The summed E-state index contributed by atoms with van der Waals surface area (Å²) < 4.78 is 0. The summed E-state index contributed by atoms with van der Waals surface area (Å²) in [5.74, 6) is 1.11. The summed E-state index contributed by atoms with van der Waals surface area (Å²) in [6.07, 6.45) is 8.12. The van der Waals surface area contributed by atoms with Crippen LogP contribution in [0.25, 0.3) is 11.1 Å². The van der Waals surface area contributed by atoms with Gasteiger partial charge < -0.3 is 5.32 Å². The molecule has 1 N–H and O–H groups in total. The van der Waals surface area contributed by atoms with Crippen LogP contribution in [-0.2, 0) is 5.41 Å². The van der Waals surface area contributed by atoms with Gasteiger partial charge in [0.05, 0.1) is 0 Å². The van der Waals surface area contributed by atoms with E-state index in [4.69, 9.17) is 0 Å². The molecule has 1 unspecified atom stereocenters. The molecule has 0 aliphatic heterocycles. The predicted molar refractivity (Wildman–Crippen MR) is 147 cm³/mol. The van der Waals surface area contributed by atoms with Crippen LogP contribution < -0.4 is 5.32 Å². The van der Waals surface area contributed by atoms with E-state index in [2.05, 4.69) is 115 Å². The number of rotatable bonds is 4. The zero-order valence-corrected chi connectivity index (χ0v) is 22.8. The SMILES string of the molecule is CC1(C)c2ccccc2-c2ccc(C(=O)NCCC3=CC4[C@@H](C=C3)C(C)(C)C(C)(C)C4(C)C)cc21. The van der Waals surface area contributed by atoms with Crippen molar-refractivity contribution in [1.82, 2.24) is 5.32 Å². The van der Waals surface area contributed by atoms with Crippen molar-refractivity contribution in [3.05, 3.63) is 83.0 Å². The highest BCUT2D eigenvalue weighted by molar-refractivity contribution is 5.96. The molecule has 35 heavy (non-hydrogen) atoms. The van der Waals surface area contributed by atoms with Gasteiger partial charge in [-0.3, -0.25) is 4.79 Å². The molecule has 0 bridgehead atoms. The van der Waals surface area contributed by atoms with E-state index in [0.29, 0.717) is 18.4 Å². The van der Waals surface area contributed by atoms with Gasteiger partial charge in [-0.25, -0.2) is 0 Å². The second-order valence-corrected chi connectivity index (χ2v) is 13.2. The number of amides is 1. The van der Waals surface area contributed by atoms with Crippen LogP contribution in [-0.4, -0.2) is 12.5 Å². The minimum Gasteiger partial charge on any atom is -0.352 e. The summed E-state index contributed by atoms with van der Waals surface area (Å²) >= 11 is 0. The zero-order valence-electron chi connectivity index (χ0n) is 22.8. The fourth-order valence-corrected chi connectivity index (χ4v) is 7.18. The van der Waals surface area contributed by atoms with E-state index < -0.39 is 0 Å². The Morgan fingerprint density at radius 2 is 1.49 bits per heavy atom. The van der Waals surface area contributed by atoms with Crippen molar-refractivity contribution in [3.8, 4) is 11.1 Å². The summed E-state index contributed by atoms with van der Waals surface area (Å²) in [6, 6.07) is 14.8. The van der Waals surface area contributed by atoms with Crippen LogP contribution in [0.3, 0.4) is 0 Å². The highest BCUT2D eigenvalue weighted by Gasteiger charge is 2.62. The Bertz CT molecular complexity index is 1250. The van der Waals surface area contributed by atoms with Crippen molar-refractivity contribution in [2.75, 3.05) is 6.54 Å². The Morgan fingerprint density at radius 1 is 0.829 bits per heavy atom. The maximum atomic E-state index is 13.1. The van der Waals surface area contributed by atoms with Crippen LogP contribution in [0.2, 0.25) is 0 Å². The second-order valence-electron chi connectivity index (χ2n) is 13.2. The third-order valence-electron chi connectivity index (χ3n) is 10.7. The molecule has 0 heterocycles. The summed E-state index contributed by atoms with van der Waals surface area (Å²) in [5.41, 5.74) is 7.81. The van der Waals surface area contributed by atoms with Crippen LogP contribution >= 0.6 is 0 Å². The second kappa shape index (κ2) is 7.69. The molecular weight excluding hydrogens is 426 g/mol. The van der Waals surface area contributed by atoms with E-state index in [9.17, 15) is 4.79 Å². The first-order valence-electron chi connectivity index (χ1n) is 13.2. The van der Waals surface area contributed by atoms with E-state index in [1.165, 1.54) is 27.8 Å². The normalized spacial score (nSPS) is 25.9. The quantitative estimate of drug-likeness (QED) is 0.486. The minimum absolute atomic E-state index is 0.0151.